The molecule has 6 nitrogen and oxygen atoms in total. The molecule has 0 unspecified atom stereocenters. The summed E-state index contributed by atoms with van der Waals surface area (Å²) in [4.78, 5) is 25.3. The second-order valence-corrected chi connectivity index (χ2v) is 8.56. The molecule has 0 radical (unpaired) electrons. The summed E-state index contributed by atoms with van der Waals surface area (Å²) in [5.74, 6) is 0.635. The predicted molar refractivity (Wildman–Crippen MR) is 123 cm³/mol. The number of carbonyl (C=O) groups excluding carboxylic acids is 1. The summed E-state index contributed by atoms with van der Waals surface area (Å²) in [6.45, 7) is 1.97. The van der Waals surface area contributed by atoms with E-state index in [2.05, 4.69) is 0 Å². The molecule has 1 aliphatic rings. The number of aryl methyl sites for hydroxylation is 1. The Balaban J connectivity index is 1.61. The third-order valence-corrected chi connectivity index (χ3v) is 6.04. The zero-order valence-electron chi connectivity index (χ0n) is 15.5. The van der Waals surface area contributed by atoms with Gasteiger partial charge < -0.3 is 4.42 Å². The maximum Gasteiger partial charge on any atom is 0.288 e. The van der Waals surface area contributed by atoms with Crippen LogP contribution in [0.15, 0.2) is 63.9 Å². The Labute approximate surface area is 186 Å². The van der Waals surface area contributed by atoms with Gasteiger partial charge >= 0.3 is 0 Å². The highest BCUT2D eigenvalue weighted by Gasteiger charge is 2.33. The Morgan fingerprint density at radius 2 is 1.90 bits per heavy atom. The lowest BCUT2D eigenvalue weighted by Gasteiger charge is -2.14. The number of nitrogens with zero attached hydrogens (tertiary/aromatic N) is 2. The van der Waals surface area contributed by atoms with E-state index < -0.39 is 4.92 Å². The minimum Gasteiger partial charge on any atom is -0.457 e. The number of hydrogen-bond acceptors (Lipinski definition) is 6. The summed E-state index contributed by atoms with van der Waals surface area (Å²) in [6.07, 6.45) is 1.61. The lowest BCUT2D eigenvalue weighted by atomic mass is 10.1. The fourth-order valence-electron chi connectivity index (χ4n) is 2.90. The van der Waals surface area contributed by atoms with Gasteiger partial charge in [-0.3, -0.25) is 19.8 Å². The van der Waals surface area contributed by atoms with Crippen molar-refractivity contribution in [1.29, 1.82) is 0 Å². The van der Waals surface area contributed by atoms with Crippen molar-refractivity contribution < 1.29 is 14.1 Å². The minimum atomic E-state index is -0.550. The summed E-state index contributed by atoms with van der Waals surface area (Å²) < 4.78 is 6.22. The van der Waals surface area contributed by atoms with E-state index in [4.69, 9.17) is 28.2 Å². The molecular formula is C21H13ClN2O4S2. The van der Waals surface area contributed by atoms with Gasteiger partial charge in [0.2, 0.25) is 0 Å². The molecule has 0 atom stereocenters. The number of furan rings is 1. The third kappa shape index (κ3) is 3.89. The van der Waals surface area contributed by atoms with Gasteiger partial charge in [0.15, 0.2) is 4.32 Å². The molecule has 9 heteroatoms. The largest absolute Gasteiger partial charge is 0.457 e. The molecular weight excluding hydrogens is 444 g/mol. The molecule has 150 valence electrons. The molecule has 4 rings (SSSR count). The molecule has 30 heavy (non-hydrogen) atoms. The summed E-state index contributed by atoms with van der Waals surface area (Å²) >= 11 is 12.4. The summed E-state index contributed by atoms with van der Waals surface area (Å²) in [7, 11) is 0. The zero-order chi connectivity index (χ0) is 21.4. The maximum atomic E-state index is 12.9. The van der Waals surface area contributed by atoms with E-state index in [1.54, 1.807) is 24.3 Å². The van der Waals surface area contributed by atoms with Crippen LogP contribution < -0.4 is 4.90 Å². The van der Waals surface area contributed by atoms with Crippen molar-refractivity contribution in [2.75, 3.05) is 4.90 Å². The van der Waals surface area contributed by atoms with Crippen molar-refractivity contribution in [3.05, 3.63) is 86.0 Å². The number of rotatable bonds is 4. The van der Waals surface area contributed by atoms with Gasteiger partial charge in [0, 0.05) is 17.7 Å². The van der Waals surface area contributed by atoms with Gasteiger partial charge in [-0.05, 0) is 43.3 Å². The molecule has 3 aromatic rings. The number of thioether (sulfide) groups is 1. The smallest absolute Gasteiger partial charge is 0.288 e. The van der Waals surface area contributed by atoms with Crippen molar-refractivity contribution in [3.63, 3.8) is 0 Å². The van der Waals surface area contributed by atoms with E-state index >= 15 is 0 Å². The van der Waals surface area contributed by atoms with Gasteiger partial charge in [0.25, 0.3) is 11.6 Å². The number of thiocarbonyl (C=S) groups is 1. The van der Waals surface area contributed by atoms with Crippen molar-refractivity contribution in [1.82, 2.24) is 0 Å². The van der Waals surface area contributed by atoms with Crippen LogP contribution in [0.25, 0.3) is 17.4 Å². The molecule has 1 fully saturated rings. The summed E-state index contributed by atoms with van der Waals surface area (Å²) in [5, 5.41) is 11.1. The second-order valence-electron chi connectivity index (χ2n) is 6.48. The standard InChI is InChI=1S/C21H13ClN2O4S2/c1-12-2-5-14(6-3-12)23-20(25)19(30-21(23)29)11-15-7-9-18(28-15)13-4-8-16(22)17(10-13)24(26)27/h2-11H,1H3/b19-11+. The van der Waals surface area contributed by atoms with Crippen LogP contribution in [0.5, 0.6) is 0 Å². The Kier molecular flexibility index (Phi) is 5.46. The SMILES string of the molecule is Cc1ccc(N2C(=O)/C(=C\c3ccc(-c4ccc(Cl)c([N+](=O)[O-])c4)o3)SC2=S)cc1. The van der Waals surface area contributed by atoms with Crippen LogP contribution in [0.2, 0.25) is 5.02 Å². The first-order chi connectivity index (χ1) is 14.3. The van der Waals surface area contributed by atoms with Crippen molar-refractivity contribution in [2.24, 2.45) is 0 Å². The van der Waals surface area contributed by atoms with E-state index in [1.165, 1.54) is 28.8 Å². The number of amides is 1. The Morgan fingerprint density at radius 1 is 1.17 bits per heavy atom. The Hall–Kier alpha value is -2.94. The second kappa shape index (κ2) is 8.06. The third-order valence-electron chi connectivity index (χ3n) is 4.41. The molecule has 2 aromatic carbocycles. The first-order valence-corrected chi connectivity index (χ1v) is 10.3. The van der Waals surface area contributed by atoms with Crippen LogP contribution in [0.4, 0.5) is 11.4 Å². The molecule has 2 heterocycles. The zero-order valence-corrected chi connectivity index (χ0v) is 17.9. The molecule has 1 aromatic heterocycles. The highest BCUT2D eigenvalue weighted by atomic mass is 35.5. The molecule has 1 amide bonds. The van der Waals surface area contributed by atoms with Gasteiger partial charge in [-0.2, -0.15) is 0 Å². The van der Waals surface area contributed by atoms with Gasteiger partial charge in [-0.15, -0.1) is 0 Å². The average molecular weight is 457 g/mol. The van der Waals surface area contributed by atoms with Gasteiger partial charge in [-0.25, -0.2) is 0 Å². The summed E-state index contributed by atoms with van der Waals surface area (Å²) in [6, 6.07) is 15.3. The van der Waals surface area contributed by atoms with E-state index in [1.807, 2.05) is 31.2 Å². The molecule has 0 spiro atoms. The number of benzene rings is 2. The molecule has 1 saturated heterocycles. The number of halogens is 1. The highest BCUT2D eigenvalue weighted by molar-refractivity contribution is 8.27. The van der Waals surface area contributed by atoms with E-state index in [9.17, 15) is 14.9 Å². The predicted octanol–water partition coefficient (Wildman–Crippen LogP) is 6.22. The van der Waals surface area contributed by atoms with Crippen LogP contribution in [0.1, 0.15) is 11.3 Å². The number of hydrogen-bond donors (Lipinski definition) is 0. The number of nitro benzene ring substituents is 1. The normalized spacial score (nSPS) is 15.3. The van der Waals surface area contributed by atoms with Crippen LogP contribution in [0, 0.1) is 17.0 Å². The first-order valence-electron chi connectivity index (χ1n) is 8.72. The highest BCUT2D eigenvalue weighted by Crippen LogP contribution is 2.37. The van der Waals surface area contributed by atoms with Crippen LogP contribution >= 0.6 is 35.6 Å². The molecule has 0 aliphatic carbocycles. The Bertz CT molecular complexity index is 1220. The van der Waals surface area contributed by atoms with Crippen molar-refractivity contribution in [3.8, 4) is 11.3 Å². The van der Waals surface area contributed by atoms with E-state index in [0.29, 0.717) is 32.0 Å². The van der Waals surface area contributed by atoms with Crippen molar-refractivity contribution in [2.45, 2.75) is 6.92 Å². The quantitative estimate of drug-likeness (QED) is 0.201. The van der Waals surface area contributed by atoms with E-state index in [-0.39, 0.29) is 16.6 Å². The van der Waals surface area contributed by atoms with Gasteiger partial charge in [0.1, 0.15) is 16.5 Å². The van der Waals surface area contributed by atoms with Crippen LogP contribution in [-0.2, 0) is 4.79 Å². The van der Waals surface area contributed by atoms with E-state index in [0.717, 1.165) is 5.56 Å². The first kappa shape index (κ1) is 20.3. The number of nitro groups is 1. The van der Waals surface area contributed by atoms with Gasteiger partial charge in [0.05, 0.1) is 15.5 Å². The van der Waals surface area contributed by atoms with Crippen LogP contribution in [0.3, 0.4) is 0 Å². The number of anilines is 1. The lowest BCUT2D eigenvalue weighted by molar-refractivity contribution is -0.384. The summed E-state index contributed by atoms with van der Waals surface area (Å²) in [5.41, 5.74) is 2.11. The fraction of sp³-hybridized carbons (Fsp3) is 0.0476. The maximum absolute atomic E-state index is 12.9. The lowest BCUT2D eigenvalue weighted by Crippen LogP contribution is -2.27. The molecule has 0 N–H and O–H groups in total. The minimum absolute atomic E-state index is 0.0512. The average Bonchev–Trinajstić information content (AvgIpc) is 3.28. The fourth-order valence-corrected chi connectivity index (χ4v) is 4.37. The monoisotopic (exact) mass is 456 g/mol. The van der Waals surface area contributed by atoms with Gasteiger partial charge in [-0.1, -0.05) is 53.3 Å². The Morgan fingerprint density at radius 3 is 2.60 bits per heavy atom. The molecule has 0 saturated carbocycles. The number of carbonyl (C=O) groups is 1. The molecule has 1 aliphatic heterocycles. The van der Waals surface area contributed by atoms with Crippen molar-refractivity contribution >= 4 is 63.3 Å². The topological polar surface area (TPSA) is 76.6 Å². The van der Waals surface area contributed by atoms with Crippen LogP contribution in [-0.4, -0.2) is 15.2 Å². The molecule has 0 bridgehead atoms.